The van der Waals surface area contributed by atoms with Crippen molar-refractivity contribution in [2.24, 2.45) is 5.41 Å². The van der Waals surface area contributed by atoms with Crippen LogP contribution in [0.3, 0.4) is 0 Å². The zero-order chi connectivity index (χ0) is 6.20. The van der Waals surface area contributed by atoms with Gasteiger partial charge in [-0.05, 0) is 25.2 Å². The van der Waals surface area contributed by atoms with Crippen LogP contribution in [0, 0.1) is 5.41 Å². The van der Waals surface area contributed by atoms with E-state index >= 15 is 0 Å². The van der Waals surface area contributed by atoms with Crippen molar-refractivity contribution in [2.45, 2.75) is 33.6 Å². The van der Waals surface area contributed by atoms with Crippen LogP contribution in [0.4, 0.5) is 0 Å². The third-order valence-electron chi connectivity index (χ3n) is 2.59. The first kappa shape index (κ1) is 5.87. The second-order valence-corrected chi connectivity index (χ2v) is 3.01. The molecule has 0 aromatic carbocycles. The standard InChI is InChI=1S/C8H14/c1-4-8(3)6-5-7(8)2/h5H,4,6H2,1-3H3. The third kappa shape index (κ3) is 0.594. The molecule has 0 aromatic rings. The lowest BCUT2D eigenvalue weighted by Crippen LogP contribution is -2.23. The molecule has 0 saturated carbocycles. The maximum Gasteiger partial charge on any atom is -0.00872 e. The van der Waals surface area contributed by atoms with Gasteiger partial charge in [0.1, 0.15) is 0 Å². The molecular weight excluding hydrogens is 96.1 g/mol. The molecule has 0 aromatic heterocycles. The second kappa shape index (κ2) is 1.61. The van der Waals surface area contributed by atoms with Crippen LogP contribution in [0.2, 0.25) is 0 Å². The fraction of sp³-hybridized carbons (Fsp3) is 0.750. The molecule has 0 saturated heterocycles. The van der Waals surface area contributed by atoms with E-state index in [0.717, 1.165) is 0 Å². The molecule has 0 amide bonds. The highest BCUT2D eigenvalue weighted by molar-refractivity contribution is 5.21. The number of allylic oxidation sites excluding steroid dienone is 2. The molecule has 0 fully saturated rings. The van der Waals surface area contributed by atoms with Crippen LogP contribution in [0.25, 0.3) is 0 Å². The summed E-state index contributed by atoms with van der Waals surface area (Å²) in [5, 5.41) is 0. The van der Waals surface area contributed by atoms with Crippen molar-refractivity contribution in [2.75, 3.05) is 0 Å². The highest BCUT2D eigenvalue weighted by Gasteiger charge is 2.29. The van der Waals surface area contributed by atoms with Gasteiger partial charge in [-0.2, -0.15) is 0 Å². The molecule has 0 heteroatoms. The first-order valence-corrected chi connectivity index (χ1v) is 3.36. The van der Waals surface area contributed by atoms with E-state index in [2.05, 4.69) is 26.8 Å². The van der Waals surface area contributed by atoms with Gasteiger partial charge in [0.25, 0.3) is 0 Å². The summed E-state index contributed by atoms with van der Waals surface area (Å²) in [6.45, 7) is 6.83. The minimum atomic E-state index is 0.583. The topological polar surface area (TPSA) is 0 Å². The van der Waals surface area contributed by atoms with Gasteiger partial charge in [0.2, 0.25) is 0 Å². The summed E-state index contributed by atoms with van der Waals surface area (Å²) in [6.07, 6.45) is 4.92. The fourth-order valence-corrected chi connectivity index (χ4v) is 1.08. The van der Waals surface area contributed by atoms with Crippen LogP contribution >= 0.6 is 0 Å². The van der Waals surface area contributed by atoms with Gasteiger partial charge in [0, 0.05) is 0 Å². The van der Waals surface area contributed by atoms with E-state index in [1.165, 1.54) is 12.8 Å². The SMILES string of the molecule is CCC1(C)CC=C1C. The van der Waals surface area contributed by atoms with Crippen LogP contribution in [0.15, 0.2) is 11.6 Å². The zero-order valence-corrected chi connectivity index (χ0v) is 5.99. The molecule has 46 valence electrons. The minimum absolute atomic E-state index is 0.583. The molecule has 0 bridgehead atoms. The van der Waals surface area contributed by atoms with E-state index in [4.69, 9.17) is 0 Å². The van der Waals surface area contributed by atoms with Gasteiger partial charge in [-0.3, -0.25) is 0 Å². The van der Waals surface area contributed by atoms with Gasteiger partial charge >= 0.3 is 0 Å². The second-order valence-electron chi connectivity index (χ2n) is 3.01. The molecule has 0 N–H and O–H groups in total. The first-order chi connectivity index (χ1) is 3.69. The largest absolute Gasteiger partial charge is 0.0842 e. The van der Waals surface area contributed by atoms with Gasteiger partial charge in [-0.25, -0.2) is 0 Å². The van der Waals surface area contributed by atoms with E-state index in [1.54, 1.807) is 5.57 Å². The van der Waals surface area contributed by atoms with E-state index in [-0.39, 0.29) is 0 Å². The molecule has 1 unspecified atom stereocenters. The lowest BCUT2D eigenvalue weighted by atomic mass is 9.69. The first-order valence-electron chi connectivity index (χ1n) is 3.36. The molecule has 1 aliphatic carbocycles. The Balaban J connectivity index is 2.62. The van der Waals surface area contributed by atoms with Crippen LogP contribution < -0.4 is 0 Å². The molecule has 8 heavy (non-hydrogen) atoms. The van der Waals surface area contributed by atoms with Crippen molar-refractivity contribution in [1.29, 1.82) is 0 Å². The van der Waals surface area contributed by atoms with Gasteiger partial charge in [0.15, 0.2) is 0 Å². The third-order valence-corrected chi connectivity index (χ3v) is 2.59. The van der Waals surface area contributed by atoms with Crippen molar-refractivity contribution >= 4 is 0 Å². The van der Waals surface area contributed by atoms with E-state index in [0.29, 0.717) is 5.41 Å². The highest BCUT2D eigenvalue weighted by atomic mass is 14.3. The van der Waals surface area contributed by atoms with Crippen LogP contribution in [0.1, 0.15) is 33.6 Å². The molecule has 1 rings (SSSR count). The average molecular weight is 110 g/mol. The number of rotatable bonds is 1. The molecule has 0 heterocycles. The summed E-state index contributed by atoms with van der Waals surface area (Å²) in [7, 11) is 0. The summed E-state index contributed by atoms with van der Waals surface area (Å²) < 4.78 is 0. The summed E-state index contributed by atoms with van der Waals surface area (Å²) in [5.41, 5.74) is 2.17. The van der Waals surface area contributed by atoms with E-state index in [9.17, 15) is 0 Å². The van der Waals surface area contributed by atoms with Crippen molar-refractivity contribution in [1.82, 2.24) is 0 Å². The maximum atomic E-state index is 2.34. The number of hydrogen-bond acceptors (Lipinski definition) is 0. The summed E-state index contributed by atoms with van der Waals surface area (Å²) in [6, 6.07) is 0. The van der Waals surface area contributed by atoms with Crippen LogP contribution in [0.5, 0.6) is 0 Å². The molecule has 0 aliphatic heterocycles. The van der Waals surface area contributed by atoms with Crippen molar-refractivity contribution in [3.05, 3.63) is 11.6 Å². The Labute approximate surface area is 51.6 Å². The van der Waals surface area contributed by atoms with Crippen molar-refractivity contribution in [3.63, 3.8) is 0 Å². The molecule has 0 spiro atoms. The molecular formula is C8H14. The minimum Gasteiger partial charge on any atom is -0.0842 e. The summed E-state index contributed by atoms with van der Waals surface area (Å²) in [4.78, 5) is 0. The normalized spacial score (nSPS) is 36.1. The Bertz CT molecular complexity index is 122. The summed E-state index contributed by atoms with van der Waals surface area (Å²) >= 11 is 0. The van der Waals surface area contributed by atoms with Crippen molar-refractivity contribution < 1.29 is 0 Å². The van der Waals surface area contributed by atoms with Crippen LogP contribution in [-0.4, -0.2) is 0 Å². The Morgan fingerprint density at radius 3 is 2.38 bits per heavy atom. The zero-order valence-electron chi connectivity index (χ0n) is 5.99. The van der Waals surface area contributed by atoms with E-state index in [1.807, 2.05) is 0 Å². The smallest absolute Gasteiger partial charge is 0.00872 e. The van der Waals surface area contributed by atoms with Gasteiger partial charge in [0.05, 0.1) is 0 Å². The average Bonchev–Trinajstić information content (AvgIpc) is 1.83. The predicted octanol–water partition coefficient (Wildman–Crippen LogP) is 2.75. The van der Waals surface area contributed by atoms with Crippen molar-refractivity contribution in [3.8, 4) is 0 Å². The fourth-order valence-electron chi connectivity index (χ4n) is 1.08. The highest BCUT2D eigenvalue weighted by Crippen LogP contribution is 2.42. The predicted molar refractivity (Wildman–Crippen MR) is 36.8 cm³/mol. The lowest BCUT2D eigenvalue weighted by molar-refractivity contribution is 0.343. The van der Waals surface area contributed by atoms with Gasteiger partial charge in [-0.15, -0.1) is 0 Å². The Kier molecular flexibility index (Phi) is 1.18. The monoisotopic (exact) mass is 110 g/mol. The van der Waals surface area contributed by atoms with Gasteiger partial charge < -0.3 is 0 Å². The number of hydrogen-bond donors (Lipinski definition) is 0. The van der Waals surface area contributed by atoms with Crippen LogP contribution in [-0.2, 0) is 0 Å². The Hall–Kier alpha value is -0.260. The maximum absolute atomic E-state index is 2.34. The molecule has 0 nitrogen and oxygen atoms in total. The molecule has 0 radical (unpaired) electrons. The molecule has 1 aliphatic rings. The Morgan fingerprint density at radius 2 is 2.38 bits per heavy atom. The quantitative estimate of drug-likeness (QED) is 0.455. The Morgan fingerprint density at radius 1 is 1.75 bits per heavy atom. The lowest BCUT2D eigenvalue weighted by Gasteiger charge is -2.36. The van der Waals surface area contributed by atoms with E-state index < -0.39 is 0 Å². The summed E-state index contributed by atoms with van der Waals surface area (Å²) in [5.74, 6) is 0. The van der Waals surface area contributed by atoms with Gasteiger partial charge in [-0.1, -0.05) is 25.5 Å². The molecule has 1 atom stereocenters.